The zero-order valence-electron chi connectivity index (χ0n) is 18.2. The van der Waals surface area contributed by atoms with Crippen LogP contribution < -0.4 is 0 Å². The molecule has 0 unspecified atom stereocenters. The van der Waals surface area contributed by atoms with Crippen LogP contribution in [-0.4, -0.2) is 31.7 Å². The van der Waals surface area contributed by atoms with Crippen molar-refractivity contribution < 1.29 is 4.42 Å². The number of furan rings is 1. The second-order valence-corrected chi connectivity index (χ2v) is 8.06. The maximum absolute atomic E-state index is 6.17. The Balaban J connectivity index is 1.49. The van der Waals surface area contributed by atoms with Gasteiger partial charge in [0.15, 0.2) is 5.76 Å². The highest BCUT2D eigenvalue weighted by Crippen LogP contribution is 2.31. The summed E-state index contributed by atoms with van der Waals surface area (Å²) in [5.41, 5.74) is 5.06. The SMILES string of the molecule is C[C@H](c1ccncn1)N(C)Cc1cn(Cc2ccccc2)nc1-c1cc2ccccc2o1. The van der Waals surface area contributed by atoms with Crippen molar-refractivity contribution in [2.75, 3.05) is 7.05 Å². The van der Waals surface area contributed by atoms with E-state index in [0.717, 1.165) is 33.7 Å². The van der Waals surface area contributed by atoms with Gasteiger partial charge in [0, 0.05) is 35.9 Å². The molecule has 0 aliphatic heterocycles. The van der Waals surface area contributed by atoms with Crippen molar-refractivity contribution in [2.45, 2.75) is 26.1 Å². The molecule has 5 rings (SSSR count). The Labute approximate surface area is 187 Å². The number of fused-ring (bicyclic) bond motifs is 1. The molecule has 0 saturated carbocycles. The van der Waals surface area contributed by atoms with Crippen LogP contribution in [-0.2, 0) is 13.1 Å². The number of aromatic nitrogens is 4. The van der Waals surface area contributed by atoms with Crippen LogP contribution in [0.15, 0.2) is 89.9 Å². The Bertz CT molecular complexity index is 1280. The lowest BCUT2D eigenvalue weighted by Gasteiger charge is -2.23. The number of rotatable bonds is 7. The van der Waals surface area contributed by atoms with E-state index in [0.29, 0.717) is 13.1 Å². The predicted molar refractivity (Wildman–Crippen MR) is 125 cm³/mol. The molecule has 3 aromatic heterocycles. The minimum Gasteiger partial charge on any atom is -0.454 e. The first kappa shape index (κ1) is 20.2. The van der Waals surface area contributed by atoms with Crippen LogP contribution in [0.2, 0.25) is 0 Å². The molecule has 0 radical (unpaired) electrons. The van der Waals surface area contributed by atoms with Crippen LogP contribution in [0.1, 0.15) is 29.8 Å². The van der Waals surface area contributed by atoms with Crippen molar-refractivity contribution in [3.8, 4) is 11.5 Å². The maximum Gasteiger partial charge on any atom is 0.156 e. The van der Waals surface area contributed by atoms with Crippen LogP contribution in [0, 0.1) is 0 Å². The third-order valence-corrected chi connectivity index (χ3v) is 5.80. The first-order chi connectivity index (χ1) is 15.7. The maximum atomic E-state index is 6.17. The minimum atomic E-state index is 0.138. The molecule has 160 valence electrons. The van der Waals surface area contributed by atoms with Crippen molar-refractivity contribution in [1.82, 2.24) is 24.6 Å². The van der Waals surface area contributed by atoms with Crippen LogP contribution >= 0.6 is 0 Å². The Kier molecular flexibility index (Phi) is 5.52. The highest BCUT2D eigenvalue weighted by Gasteiger charge is 2.20. The van der Waals surface area contributed by atoms with Gasteiger partial charge in [-0.15, -0.1) is 0 Å². The van der Waals surface area contributed by atoms with Gasteiger partial charge in [-0.25, -0.2) is 9.97 Å². The molecule has 0 bridgehead atoms. The Hall–Kier alpha value is -3.77. The van der Waals surface area contributed by atoms with E-state index >= 15 is 0 Å². The van der Waals surface area contributed by atoms with Crippen LogP contribution in [0.3, 0.4) is 0 Å². The van der Waals surface area contributed by atoms with Gasteiger partial charge in [0.25, 0.3) is 0 Å². The average Bonchev–Trinajstić information content (AvgIpc) is 3.43. The molecule has 32 heavy (non-hydrogen) atoms. The molecular formula is C26H25N5O. The zero-order chi connectivity index (χ0) is 21.9. The topological polar surface area (TPSA) is 60.0 Å². The summed E-state index contributed by atoms with van der Waals surface area (Å²) in [7, 11) is 2.10. The number of hydrogen-bond donors (Lipinski definition) is 0. The summed E-state index contributed by atoms with van der Waals surface area (Å²) in [6, 6.07) is 22.6. The average molecular weight is 424 g/mol. The Morgan fingerprint density at radius 2 is 1.84 bits per heavy atom. The van der Waals surface area contributed by atoms with Crippen molar-refractivity contribution >= 4 is 11.0 Å². The third kappa shape index (κ3) is 4.18. The second kappa shape index (κ2) is 8.77. The van der Waals surface area contributed by atoms with E-state index in [9.17, 15) is 0 Å². The van der Waals surface area contributed by atoms with E-state index < -0.39 is 0 Å². The summed E-state index contributed by atoms with van der Waals surface area (Å²) in [5, 5.41) is 6.00. The van der Waals surface area contributed by atoms with Crippen LogP contribution in [0.4, 0.5) is 0 Å². The quantitative estimate of drug-likeness (QED) is 0.354. The summed E-state index contributed by atoms with van der Waals surface area (Å²) in [6.45, 7) is 3.57. The summed E-state index contributed by atoms with van der Waals surface area (Å²) in [4.78, 5) is 10.7. The molecule has 6 heteroatoms. The highest BCUT2D eigenvalue weighted by atomic mass is 16.3. The molecule has 0 spiro atoms. The minimum absolute atomic E-state index is 0.138. The third-order valence-electron chi connectivity index (χ3n) is 5.80. The van der Waals surface area contributed by atoms with Gasteiger partial charge >= 0.3 is 0 Å². The molecule has 0 saturated heterocycles. The van der Waals surface area contributed by atoms with Gasteiger partial charge in [-0.1, -0.05) is 48.5 Å². The van der Waals surface area contributed by atoms with Crippen LogP contribution in [0.25, 0.3) is 22.4 Å². The lowest BCUT2D eigenvalue weighted by molar-refractivity contribution is 0.248. The number of benzene rings is 2. The fraction of sp³-hybridized carbons (Fsp3) is 0.192. The lowest BCUT2D eigenvalue weighted by Crippen LogP contribution is -2.22. The van der Waals surface area contributed by atoms with Crippen LogP contribution in [0.5, 0.6) is 0 Å². The van der Waals surface area contributed by atoms with E-state index in [-0.39, 0.29) is 6.04 Å². The van der Waals surface area contributed by atoms with Gasteiger partial charge in [0.1, 0.15) is 17.6 Å². The molecule has 3 heterocycles. The van der Waals surface area contributed by atoms with Crippen molar-refractivity contribution in [3.63, 3.8) is 0 Å². The van der Waals surface area contributed by atoms with E-state index in [4.69, 9.17) is 9.52 Å². The van der Waals surface area contributed by atoms with E-state index in [2.05, 4.69) is 71.4 Å². The van der Waals surface area contributed by atoms with Crippen molar-refractivity contribution in [2.24, 2.45) is 0 Å². The smallest absolute Gasteiger partial charge is 0.156 e. The van der Waals surface area contributed by atoms with E-state index in [1.807, 2.05) is 35.0 Å². The van der Waals surface area contributed by atoms with E-state index in [1.165, 1.54) is 5.56 Å². The molecule has 0 aliphatic carbocycles. The fourth-order valence-corrected chi connectivity index (χ4v) is 3.92. The molecule has 5 aromatic rings. The standard InChI is InChI=1S/C26H25N5O/c1-19(23-12-13-27-18-28-23)30(2)16-22-17-31(15-20-8-4-3-5-9-20)29-26(22)25-14-21-10-6-7-11-24(21)32-25/h3-14,17-19H,15-16H2,1-2H3/t19-/m1/s1. The molecule has 0 amide bonds. The predicted octanol–water partition coefficient (Wildman–Crippen LogP) is 5.33. The summed E-state index contributed by atoms with van der Waals surface area (Å²) < 4.78 is 8.17. The van der Waals surface area contributed by atoms with Crippen molar-refractivity contribution in [3.05, 3.63) is 102 Å². The van der Waals surface area contributed by atoms with Crippen molar-refractivity contribution in [1.29, 1.82) is 0 Å². The van der Waals surface area contributed by atoms with Gasteiger partial charge in [-0.3, -0.25) is 9.58 Å². The first-order valence-corrected chi connectivity index (χ1v) is 10.7. The Morgan fingerprint density at radius 1 is 1.03 bits per heavy atom. The first-order valence-electron chi connectivity index (χ1n) is 10.7. The Morgan fingerprint density at radius 3 is 2.62 bits per heavy atom. The second-order valence-electron chi connectivity index (χ2n) is 8.06. The number of nitrogens with zero attached hydrogens (tertiary/aromatic N) is 5. The molecule has 0 N–H and O–H groups in total. The highest BCUT2D eigenvalue weighted by molar-refractivity contribution is 5.82. The van der Waals surface area contributed by atoms with Gasteiger partial charge in [0.2, 0.25) is 0 Å². The van der Waals surface area contributed by atoms with Gasteiger partial charge < -0.3 is 4.42 Å². The van der Waals surface area contributed by atoms with Gasteiger partial charge in [0.05, 0.1) is 12.2 Å². The molecule has 0 fully saturated rings. The molecule has 2 aromatic carbocycles. The zero-order valence-corrected chi connectivity index (χ0v) is 18.2. The van der Waals surface area contributed by atoms with E-state index in [1.54, 1.807) is 12.5 Å². The molecule has 1 atom stereocenters. The van der Waals surface area contributed by atoms with Gasteiger partial charge in [-0.05, 0) is 37.7 Å². The number of hydrogen-bond acceptors (Lipinski definition) is 5. The fourth-order valence-electron chi connectivity index (χ4n) is 3.92. The monoisotopic (exact) mass is 423 g/mol. The summed E-state index contributed by atoms with van der Waals surface area (Å²) in [6.07, 6.45) is 5.50. The molecule has 6 nitrogen and oxygen atoms in total. The molecular weight excluding hydrogens is 398 g/mol. The summed E-state index contributed by atoms with van der Waals surface area (Å²) >= 11 is 0. The number of para-hydroxylation sites is 1. The van der Waals surface area contributed by atoms with Gasteiger partial charge in [-0.2, -0.15) is 5.10 Å². The largest absolute Gasteiger partial charge is 0.454 e. The summed E-state index contributed by atoms with van der Waals surface area (Å²) in [5.74, 6) is 0.788. The molecule has 0 aliphatic rings. The normalized spacial score (nSPS) is 12.5. The lowest BCUT2D eigenvalue weighted by atomic mass is 10.1.